The minimum Gasteiger partial charge on any atom is -0.396 e. The summed E-state index contributed by atoms with van der Waals surface area (Å²) in [6, 6.07) is -0.737. The van der Waals surface area contributed by atoms with Crippen molar-refractivity contribution < 1.29 is 19.3 Å². The van der Waals surface area contributed by atoms with Gasteiger partial charge in [0.1, 0.15) is 11.9 Å². The molecule has 0 aromatic carbocycles. The van der Waals surface area contributed by atoms with Gasteiger partial charge in [0, 0.05) is 20.2 Å². The van der Waals surface area contributed by atoms with E-state index in [2.05, 4.69) is 23.4 Å². The molecule has 0 bridgehead atoms. The second kappa shape index (κ2) is 6.01. The number of urea groups is 1. The molecular formula is C16H24N5O3+. The third-order valence-corrected chi connectivity index (χ3v) is 4.82. The average Bonchev–Trinajstić information content (AvgIpc) is 3.06. The van der Waals surface area contributed by atoms with Gasteiger partial charge in [-0.15, -0.1) is 0 Å². The lowest BCUT2D eigenvalue weighted by Crippen LogP contribution is -2.62. The maximum Gasteiger partial charge on any atom is 0.402 e. The number of hydrogen-bond donors (Lipinski definition) is 1. The Morgan fingerprint density at radius 1 is 1.42 bits per heavy atom. The summed E-state index contributed by atoms with van der Waals surface area (Å²) in [5.74, 6) is 0.895. The first-order valence-corrected chi connectivity index (χ1v) is 8.33. The van der Waals surface area contributed by atoms with Crippen molar-refractivity contribution in [2.24, 2.45) is 4.99 Å². The monoisotopic (exact) mass is 334 g/mol. The summed E-state index contributed by atoms with van der Waals surface area (Å²) in [5.41, 5.74) is 1.04. The van der Waals surface area contributed by atoms with Crippen LogP contribution >= 0.6 is 0 Å². The van der Waals surface area contributed by atoms with E-state index in [0.717, 1.165) is 12.1 Å². The predicted molar refractivity (Wildman–Crippen MR) is 87.1 cm³/mol. The Kier molecular flexibility index (Phi) is 4.16. The van der Waals surface area contributed by atoms with Crippen molar-refractivity contribution in [2.75, 3.05) is 20.2 Å². The number of aliphatic hydroxyl groups is 1. The number of aryl methyl sites for hydroxylation is 1. The summed E-state index contributed by atoms with van der Waals surface area (Å²) in [7, 11) is 1.64. The number of amidine groups is 1. The molecule has 1 saturated heterocycles. The summed E-state index contributed by atoms with van der Waals surface area (Å²) in [5, 5.41) is 9.01. The molecular weight excluding hydrogens is 310 g/mol. The summed E-state index contributed by atoms with van der Waals surface area (Å²) < 4.78 is 3.96. The minimum atomic E-state index is -0.606. The molecule has 3 amide bonds. The molecule has 8 heteroatoms. The second-order valence-corrected chi connectivity index (χ2v) is 6.39. The molecule has 130 valence electrons. The number of aliphatic hydroxyl groups excluding tert-OH is 1. The van der Waals surface area contributed by atoms with Crippen LogP contribution in [-0.4, -0.2) is 57.4 Å². The van der Waals surface area contributed by atoms with Crippen molar-refractivity contribution in [3.63, 3.8) is 0 Å². The maximum atomic E-state index is 12.9. The second-order valence-electron chi connectivity index (χ2n) is 6.39. The molecule has 2 unspecified atom stereocenters. The molecule has 3 rings (SSSR count). The molecule has 3 heterocycles. The van der Waals surface area contributed by atoms with Crippen molar-refractivity contribution in [1.29, 1.82) is 0 Å². The number of fused-ring (bicyclic) bond motifs is 3. The van der Waals surface area contributed by atoms with Crippen LogP contribution in [0.5, 0.6) is 0 Å². The summed E-state index contributed by atoms with van der Waals surface area (Å²) in [4.78, 5) is 32.6. The Morgan fingerprint density at radius 3 is 2.75 bits per heavy atom. The first kappa shape index (κ1) is 16.6. The van der Waals surface area contributed by atoms with Crippen molar-refractivity contribution >= 4 is 23.7 Å². The number of nitrogens with zero attached hydrogens (tertiary/aromatic N) is 5. The van der Waals surface area contributed by atoms with Gasteiger partial charge >= 0.3 is 12.0 Å². The van der Waals surface area contributed by atoms with Crippen molar-refractivity contribution in [2.45, 2.75) is 45.7 Å². The maximum absolute atomic E-state index is 12.9. The third kappa shape index (κ3) is 2.24. The standard InChI is InChI=1S/C16H24N5O3/c1-5-10(2)21-11(3)9-20-12-13(17-15(20)21)18(4)16(24)19(14(12)23)7-6-8-22/h9-10,12,22H,5-8H2,1-4H3/q+1. The number of hydrogen-bond acceptors (Lipinski definition) is 4. The molecule has 1 aromatic heterocycles. The Morgan fingerprint density at radius 2 is 2.12 bits per heavy atom. The smallest absolute Gasteiger partial charge is 0.396 e. The molecule has 1 aromatic rings. The Hall–Kier alpha value is -2.22. The van der Waals surface area contributed by atoms with E-state index in [1.54, 1.807) is 7.05 Å². The number of carbonyl (C=O) groups is 2. The van der Waals surface area contributed by atoms with Gasteiger partial charge in [-0.25, -0.2) is 13.9 Å². The fourth-order valence-electron chi connectivity index (χ4n) is 3.36. The van der Waals surface area contributed by atoms with Gasteiger partial charge in [0.15, 0.2) is 0 Å². The number of aliphatic imine (C=N–C) groups is 1. The molecule has 0 saturated carbocycles. The van der Waals surface area contributed by atoms with Gasteiger partial charge in [-0.1, -0.05) is 11.9 Å². The lowest BCUT2D eigenvalue weighted by molar-refractivity contribution is -0.677. The molecule has 8 nitrogen and oxygen atoms in total. The van der Waals surface area contributed by atoms with E-state index in [1.807, 2.05) is 17.7 Å². The van der Waals surface area contributed by atoms with Crippen molar-refractivity contribution in [3.8, 4) is 0 Å². The first-order chi connectivity index (χ1) is 11.4. The molecule has 2 atom stereocenters. The van der Waals surface area contributed by atoms with Crippen molar-refractivity contribution in [3.05, 3.63) is 11.9 Å². The molecule has 0 radical (unpaired) electrons. The fourth-order valence-corrected chi connectivity index (χ4v) is 3.36. The number of likely N-dealkylation sites (N-methyl/N-ethyl adjacent to an activating group) is 1. The zero-order valence-corrected chi connectivity index (χ0v) is 14.6. The zero-order chi connectivity index (χ0) is 17.6. The van der Waals surface area contributed by atoms with Crippen LogP contribution in [0.25, 0.3) is 0 Å². The number of rotatable bonds is 5. The highest BCUT2D eigenvalue weighted by atomic mass is 16.3. The van der Waals surface area contributed by atoms with Crippen LogP contribution in [0.15, 0.2) is 11.2 Å². The van der Waals surface area contributed by atoms with Gasteiger partial charge in [-0.3, -0.25) is 14.6 Å². The highest BCUT2D eigenvalue weighted by molar-refractivity contribution is 6.19. The number of aromatic nitrogens is 2. The van der Waals surface area contributed by atoms with Crippen LogP contribution in [-0.2, 0) is 4.79 Å². The number of amides is 3. The van der Waals surface area contributed by atoms with Crippen LogP contribution in [0.1, 0.15) is 44.5 Å². The van der Waals surface area contributed by atoms with Gasteiger partial charge in [0.05, 0.1) is 6.04 Å². The van der Waals surface area contributed by atoms with E-state index in [9.17, 15) is 9.59 Å². The molecule has 24 heavy (non-hydrogen) atoms. The molecule has 2 aliphatic heterocycles. The summed E-state index contributed by atoms with van der Waals surface area (Å²) in [6.07, 6.45) is 3.24. The molecule has 0 spiro atoms. The van der Waals surface area contributed by atoms with Gasteiger partial charge in [-0.2, -0.15) is 0 Å². The van der Waals surface area contributed by atoms with Gasteiger partial charge in [0.2, 0.25) is 11.9 Å². The highest BCUT2D eigenvalue weighted by Crippen LogP contribution is 2.31. The third-order valence-electron chi connectivity index (χ3n) is 4.82. The minimum absolute atomic E-state index is 0.0612. The van der Waals surface area contributed by atoms with E-state index in [-0.39, 0.29) is 31.1 Å². The highest BCUT2D eigenvalue weighted by Gasteiger charge is 2.53. The number of imidazole rings is 1. The summed E-state index contributed by atoms with van der Waals surface area (Å²) >= 11 is 0. The average molecular weight is 334 g/mol. The first-order valence-electron chi connectivity index (χ1n) is 8.33. The van der Waals surface area contributed by atoms with E-state index < -0.39 is 6.04 Å². The predicted octanol–water partition coefficient (Wildman–Crippen LogP) is 0.916. The Labute approximate surface area is 141 Å². The Bertz CT molecular complexity index is 724. The van der Waals surface area contributed by atoms with Crippen LogP contribution in [0.4, 0.5) is 10.7 Å². The van der Waals surface area contributed by atoms with Gasteiger partial charge in [0.25, 0.3) is 5.91 Å². The SMILES string of the molecule is CCC(C)n1c(C)c[n+]2c1N=C1C2C(=O)N(CCCO)C(=O)N1C. The summed E-state index contributed by atoms with van der Waals surface area (Å²) in [6.45, 7) is 6.36. The van der Waals surface area contributed by atoms with Crippen LogP contribution in [0.3, 0.4) is 0 Å². The fraction of sp³-hybridized carbons (Fsp3) is 0.625. The van der Waals surface area contributed by atoms with Crippen LogP contribution < -0.4 is 4.57 Å². The normalized spacial score (nSPS) is 21.0. The number of imide groups is 1. The quantitative estimate of drug-likeness (QED) is 0.813. The van der Waals surface area contributed by atoms with Gasteiger partial charge in [-0.05, 0) is 26.7 Å². The molecule has 1 N–H and O–H groups in total. The van der Waals surface area contributed by atoms with E-state index in [1.165, 1.54) is 9.80 Å². The molecule has 1 fully saturated rings. The van der Waals surface area contributed by atoms with Crippen LogP contribution in [0.2, 0.25) is 0 Å². The molecule has 0 aliphatic carbocycles. The molecule has 2 aliphatic rings. The van der Waals surface area contributed by atoms with Crippen LogP contribution in [0, 0.1) is 6.92 Å². The lowest BCUT2D eigenvalue weighted by Gasteiger charge is -2.32. The lowest BCUT2D eigenvalue weighted by atomic mass is 10.1. The largest absolute Gasteiger partial charge is 0.402 e. The topological polar surface area (TPSA) is 82.0 Å². The Balaban J connectivity index is 2.05. The van der Waals surface area contributed by atoms with Crippen molar-refractivity contribution in [1.82, 2.24) is 14.4 Å². The van der Waals surface area contributed by atoms with Gasteiger partial charge < -0.3 is 5.11 Å². The zero-order valence-electron chi connectivity index (χ0n) is 14.6. The number of carbonyl (C=O) groups excluding carboxylic acids is 2. The van der Waals surface area contributed by atoms with E-state index >= 15 is 0 Å². The van der Waals surface area contributed by atoms with E-state index in [4.69, 9.17) is 5.11 Å². The van der Waals surface area contributed by atoms with E-state index in [0.29, 0.717) is 18.2 Å².